The summed E-state index contributed by atoms with van der Waals surface area (Å²) in [7, 11) is 3.29. The molecular weight excluding hydrogens is 388 g/mol. The lowest BCUT2D eigenvalue weighted by Crippen LogP contribution is -2.42. The van der Waals surface area contributed by atoms with Gasteiger partial charge in [0.15, 0.2) is 5.78 Å². The number of benzene rings is 2. The third-order valence-electron chi connectivity index (χ3n) is 8.12. The highest BCUT2D eigenvalue weighted by atomic mass is 16.5. The van der Waals surface area contributed by atoms with Crippen LogP contribution in [0.3, 0.4) is 0 Å². The standard InChI is InChI=1S/C27H30O4/c1-27-11-10-22-21-9-6-19(28)13-16(21)5-8-23(22)24(27)14-18(26(27)29)12-17-4-7-20(30-2)15-25(17)31-3/h4,6-7,9,12-13,15,22-24,28H,5,8,10-11,14H2,1-3H3/b18-12+/t22-,23-,24+,27+/m1/s1. The Balaban J connectivity index is 1.48. The summed E-state index contributed by atoms with van der Waals surface area (Å²) >= 11 is 0. The van der Waals surface area contributed by atoms with Crippen molar-refractivity contribution in [2.75, 3.05) is 14.2 Å². The number of hydrogen-bond donors (Lipinski definition) is 1. The number of aromatic hydroxyl groups is 1. The highest BCUT2D eigenvalue weighted by Crippen LogP contribution is 2.61. The van der Waals surface area contributed by atoms with Crippen LogP contribution in [0.1, 0.15) is 55.2 Å². The van der Waals surface area contributed by atoms with E-state index in [0.29, 0.717) is 29.3 Å². The fourth-order valence-electron chi connectivity index (χ4n) is 6.49. The Bertz CT molecular complexity index is 1070. The molecule has 5 rings (SSSR count). The summed E-state index contributed by atoms with van der Waals surface area (Å²) in [5.41, 5.74) is 4.25. The number of ether oxygens (including phenoxy) is 2. The summed E-state index contributed by atoms with van der Waals surface area (Å²) in [5.74, 6) is 3.51. The third-order valence-corrected chi connectivity index (χ3v) is 8.12. The van der Waals surface area contributed by atoms with E-state index in [1.54, 1.807) is 14.2 Å². The molecule has 1 N–H and O–H groups in total. The zero-order chi connectivity index (χ0) is 21.8. The second-order valence-corrected chi connectivity index (χ2v) is 9.57. The molecule has 4 nitrogen and oxygen atoms in total. The van der Waals surface area contributed by atoms with E-state index in [1.807, 2.05) is 36.4 Å². The van der Waals surface area contributed by atoms with Crippen molar-refractivity contribution >= 4 is 11.9 Å². The largest absolute Gasteiger partial charge is 0.508 e. The van der Waals surface area contributed by atoms with Gasteiger partial charge in [0.25, 0.3) is 0 Å². The Morgan fingerprint density at radius 2 is 1.94 bits per heavy atom. The Kier molecular flexibility index (Phi) is 4.84. The van der Waals surface area contributed by atoms with Crippen LogP contribution in [0.2, 0.25) is 0 Å². The molecule has 2 fully saturated rings. The van der Waals surface area contributed by atoms with Crippen molar-refractivity contribution in [3.05, 3.63) is 58.7 Å². The molecule has 31 heavy (non-hydrogen) atoms. The smallest absolute Gasteiger partial charge is 0.165 e. The first-order chi connectivity index (χ1) is 14.9. The van der Waals surface area contributed by atoms with Crippen LogP contribution in [0.5, 0.6) is 17.2 Å². The van der Waals surface area contributed by atoms with Crippen LogP contribution in [0.25, 0.3) is 6.08 Å². The van der Waals surface area contributed by atoms with Gasteiger partial charge in [-0.2, -0.15) is 0 Å². The number of phenolic OH excluding ortho intramolecular Hbond substituents is 1. The van der Waals surface area contributed by atoms with Crippen molar-refractivity contribution in [2.45, 2.75) is 44.9 Å². The number of phenols is 1. The van der Waals surface area contributed by atoms with Gasteiger partial charge in [0, 0.05) is 17.0 Å². The van der Waals surface area contributed by atoms with Gasteiger partial charge in [-0.05, 0) is 96.9 Å². The summed E-state index contributed by atoms with van der Waals surface area (Å²) in [4.78, 5) is 13.6. The van der Waals surface area contributed by atoms with Crippen LogP contribution in [-0.2, 0) is 11.2 Å². The number of carbonyl (C=O) groups excluding carboxylic acids is 1. The van der Waals surface area contributed by atoms with Gasteiger partial charge in [-0.3, -0.25) is 4.79 Å². The van der Waals surface area contributed by atoms with Crippen molar-refractivity contribution in [2.24, 2.45) is 17.3 Å². The van der Waals surface area contributed by atoms with Gasteiger partial charge in [0.1, 0.15) is 17.2 Å². The maximum absolute atomic E-state index is 13.6. The SMILES string of the molecule is COc1ccc(/C=C2\C[C@H]3[C@@H]4CCc5cc(O)ccc5[C@H]4CC[C@]3(C)C2=O)c(OC)c1. The number of carbonyl (C=O) groups is 1. The molecule has 0 spiro atoms. The fraction of sp³-hybridized carbons (Fsp3) is 0.444. The van der Waals surface area contributed by atoms with Gasteiger partial charge >= 0.3 is 0 Å². The van der Waals surface area contributed by atoms with Gasteiger partial charge in [0.2, 0.25) is 0 Å². The summed E-state index contributed by atoms with van der Waals surface area (Å²) in [6.45, 7) is 2.19. The minimum Gasteiger partial charge on any atom is -0.508 e. The molecule has 0 bridgehead atoms. The maximum atomic E-state index is 13.6. The predicted octanol–water partition coefficient (Wildman–Crippen LogP) is 5.53. The molecule has 3 aliphatic rings. The lowest BCUT2D eigenvalue weighted by molar-refractivity contribution is -0.127. The van der Waals surface area contributed by atoms with E-state index in [1.165, 1.54) is 11.1 Å². The molecule has 0 aliphatic heterocycles. The summed E-state index contributed by atoms with van der Waals surface area (Å²) < 4.78 is 10.9. The number of hydrogen-bond acceptors (Lipinski definition) is 4. The lowest BCUT2D eigenvalue weighted by atomic mass is 9.55. The van der Waals surface area contributed by atoms with Gasteiger partial charge in [-0.15, -0.1) is 0 Å². The number of rotatable bonds is 3. The van der Waals surface area contributed by atoms with Crippen LogP contribution in [0.4, 0.5) is 0 Å². The average Bonchev–Trinajstić information content (AvgIpc) is 3.04. The number of ketones is 1. The molecule has 0 heterocycles. The molecule has 4 heteroatoms. The molecule has 0 amide bonds. The topological polar surface area (TPSA) is 55.8 Å². The first-order valence-electron chi connectivity index (χ1n) is 11.2. The minimum atomic E-state index is -0.277. The Morgan fingerprint density at radius 1 is 1.10 bits per heavy atom. The van der Waals surface area contributed by atoms with E-state index in [-0.39, 0.29) is 5.41 Å². The molecule has 0 unspecified atom stereocenters. The van der Waals surface area contributed by atoms with Crippen molar-refractivity contribution in [1.29, 1.82) is 0 Å². The maximum Gasteiger partial charge on any atom is 0.165 e. The molecule has 0 aromatic heterocycles. The fourth-order valence-corrected chi connectivity index (χ4v) is 6.49. The van der Waals surface area contributed by atoms with Crippen LogP contribution >= 0.6 is 0 Å². The zero-order valence-corrected chi connectivity index (χ0v) is 18.5. The highest BCUT2D eigenvalue weighted by molar-refractivity contribution is 6.06. The monoisotopic (exact) mass is 418 g/mol. The summed E-state index contributed by atoms with van der Waals surface area (Å²) in [6, 6.07) is 11.6. The van der Waals surface area contributed by atoms with Gasteiger partial charge in [-0.1, -0.05) is 13.0 Å². The molecule has 2 aromatic rings. The number of methoxy groups -OCH3 is 2. The van der Waals surface area contributed by atoms with E-state index in [9.17, 15) is 9.90 Å². The predicted molar refractivity (Wildman–Crippen MR) is 121 cm³/mol. The van der Waals surface area contributed by atoms with Gasteiger partial charge in [0.05, 0.1) is 14.2 Å². The number of fused-ring (bicyclic) bond motifs is 5. The quantitative estimate of drug-likeness (QED) is 0.666. The first-order valence-corrected chi connectivity index (χ1v) is 11.2. The van der Waals surface area contributed by atoms with Crippen LogP contribution in [0.15, 0.2) is 42.0 Å². The van der Waals surface area contributed by atoms with E-state index in [2.05, 4.69) is 13.0 Å². The van der Waals surface area contributed by atoms with E-state index in [0.717, 1.165) is 54.7 Å². The molecule has 162 valence electrons. The molecule has 2 saturated carbocycles. The van der Waals surface area contributed by atoms with Crippen molar-refractivity contribution in [3.8, 4) is 17.2 Å². The molecular formula is C27H30O4. The third kappa shape index (κ3) is 3.15. The van der Waals surface area contributed by atoms with Crippen molar-refractivity contribution < 1.29 is 19.4 Å². The highest BCUT2D eigenvalue weighted by Gasteiger charge is 2.56. The normalized spacial score (nSPS) is 30.5. The van der Waals surface area contributed by atoms with Gasteiger partial charge < -0.3 is 14.6 Å². The van der Waals surface area contributed by atoms with Crippen molar-refractivity contribution in [3.63, 3.8) is 0 Å². The minimum absolute atomic E-state index is 0.277. The zero-order valence-electron chi connectivity index (χ0n) is 18.5. The molecule has 2 aromatic carbocycles. The van der Waals surface area contributed by atoms with E-state index >= 15 is 0 Å². The average molecular weight is 419 g/mol. The second-order valence-electron chi connectivity index (χ2n) is 9.57. The Hall–Kier alpha value is -2.75. The molecule has 0 saturated heterocycles. The van der Waals surface area contributed by atoms with E-state index in [4.69, 9.17) is 9.47 Å². The second kappa shape index (κ2) is 7.44. The van der Waals surface area contributed by atoms with Gasteiger partial charge in [-0.25, -0.2) is 0 Å². The van der Waals surface area contributed by atoms with Crippen molar-refractivity contribution in [1.82, 2.24) is 0 Å². The molecule has 0 radical (unpaired) electrons. The number of aryl methyl sites for hydroxylation is 1. The molecule has 3 aliphatic carbocycles. The Morgan fingerprint density at radius 3 is 2.71 bits per heavy atom. The van der Waals surface area contributed by atoms with E-state index < -0.39 is 0 Å². The lowest BCUT2D eigenvalue weighted by Gasteiger charge is -2.48. The van der Waals surface area contributed by atoms with Crippen LogP contribution < -0.4 is 9.47 Å². The summed E-state index contributed by atoms with van der Waals surface area (Å²) in [6.07, 6.45) is 6.91. The van der Waals surface area contributed by atoms with Crippen LogP contribution in [0, 0.1) is 17.3 Å². The molecule has 4 atom stereocenters. The summed E-state index contributed by atoms with van der Waals surface area (Å²) in [5, 5.41) is 9.89. The first kappa shape index (κ1) is 20.2. The Labute approximate surface area is 183 Å². The van der Waals surface area contributed by atoms with Crippen LogP contribution in [-0.4, -0.2) is 25.1 Å². The number of Topliss-reactive ketones (excluding diaryl/α,β-unsaturated/α-hetero) is 1. The number of allylic oxidation sites excluding steroid dienone is 1.